The molecule has 1 aliphatic carbocycles. The molecule has 27 heavy (non-hydrogen) atoms. The lowest BCUT2D eigenvalue weighted by Crippen LogP contribution is -2.12. The largest absolute Gasteiger partial charge is 0.466 e. The fourth-order valence-corrected chi connectivity index (χ4v) is 4.62. The number of nitrogens with zero attached hydrogens (tertiary/aromatic N) is 2. The molecule has 1 saturated carbocycles. The van der Waals surface area contributed by atoms with E-state index in [9.17, 15) is 13.2 Å². The lowest BCUT2D eigenvalue weighted by Gasteiger charge is -2.08. The van der Waals surface area contributed by atoms with Gasteiger partial charge in [0.1, 0.15) is 0 Å². The Bertz CT molecular complexity index is 1120. The maximum atomic E-state index is 12.9. The van der Waals surface area contributed by atoms with Gasteiger partial charge in [0, 0.05) is 17.8 Å². The Balaban J connectivity index is 1.66. The van der Waals surface area contributed by atoms with Crippen LogP contribution < -0.4 is 0 Å². The number of ether oxygens (including phenoxy) is 1. The molecule has 0 N–H and O–H groups in total. The molecule has 1 fully saturated rings. The van der Waals surface area contributed by atoms with Crippen molar-refractivity contribution in [3.8, 4) is 0 Å². The first kappa shape index (κ1) is 17.7. The molecular weight excluding hydrogens is 364 g/mol. The van der Waals surface area contributed by atoms with Gasteiger partial charge in [-0.05, 0) is 56.0 Å². The van der Waals surface area contributed by atoms with Crippen molar-refractivity contribution in [2.45, 2.75) is 31.1 Å². The lowest BCUT2D eigenvalue weighted by atomic mass is 10.1. The van der Waals surface area contributed by atoms with Gasteiger partial charge in [-0.1, -0.05) is 17.7 Å². The molecule has 2 unspecified atom stereocenters. The Kier molecular flexibility index (Phi) is 4.26. The van der Waals surface area contributed by atoms with Crippen LogP contribution in [0.25, 0.3) is 11.0 Å². The number of pyridine rings is 1. The summed E-state index contributed by atoms with van der Waals surface area (Å²) in [7, 11) is -3.71. The maximum Gasteiger partial charge on any atom is 0.309 e. The minimum atomic E-state index is -3.71. The lowest BCUT2D eigenvalue weighted by molar-refractivity contribution is -0.144. The number of aromatic nitrogens is 2. The SMILES string of the molecule is CCOC(=O)C1CC1c1cnc2c(ccn2S(=O)(=O)c2ccc(C)cc2)c1. The second-order valence-electron chi connectivity index (χ2n) is 6.81. The van der Waals surface area contributed by atoms with Gasteiger partial charge in [0.15, 0.2) is 5.65 Å². The first-order chi connectivity index (χ1) is 12.9. The van der Waals surface area contributed by atoms with E-state index >= 15 is 0 Å². The minimum absolute atomic E-state index is 0.0954. The van der Waals surface area contributed by atoms with Crippen molar-refractivity contribution in [1.82, 2.24) is 8.96 Å². The van der Waals surface area contributed by atoms with Gasteiger partial charge in [-0.15, -0.1) is 0 Å². The number of fused-ring (bicyclic) bond motifs is 1. The number of benzene rings is 1. The quantitative estimate of drug-likeness (QED) is 0.631. The van der Waals surface area contributed by atoms with E-state index in [4.69, 9.17) is 4.74 Å². The number of aryl methyl sites for hydroxylation is 1. The van der Waals surface area contributed by atoms with Crippen molar-refractivity contribution >= 4 is 27.0 Å². The van der Waals surface area contributed by atoms with E-state index in [1.807, 2.05) is 13.0 Å². The van der Waals surface area contributed by atoms with Crippen LogP contribution in [0.2, 0.25) is 0 Å². The highest BCUT2D eigenvalue weighted by molar-refractivity contribution is 7.90. The fraction of sp³-hybridized carbons (Fsp3) is 0.300. The summed E-state index contributed by atoms with van der Waals surface area (Å²) >= 11 is 0. The van der Waals surface area contributed by atoms with Crippen LogP contribution in [0.4, 0.5) is 0 Å². The molecule has 2 atom stereocenters. The molecule has 1 aliphatic rings. The molecule has 0 saturated heterocycles. The van der Waals surface area contributed by atoms with Crippen LogP contribution in [0.1, 0.15) is 30.4 Å². The third-order valence-corrected chi connectivity index (χ3v) is 6.58. The molecule has 2 aromatic heterocycles. The molecule has 0 spiro atoms. The zero-order chi connectivity index (χ0) is 19.2. The fourth-order valence-electron chi connectivity index (χ4n) is 3.31. The number of hydrogen-bond donors (Lipinski definition) is 0. The highest BCUT2D eigenvalue weighted by atomic mass is 32.2. The van der Waals surface area contributed by atoms with Crippen molar-refractivity contribution < 1.29 is 17.9 Å². The van der Waals surface area contributed by atoms with Gasteiger partial charge in [-0.2, -0.15) is 0 Å². The summed E-state index contributed by atoms with van der Waals surface area (Å²) in [6, 6.07) is 10.4. The average Bonchev–Trinajstić information content (AvgIpc) is 3.33. The van der Waals surface area contributed by atoms with Crippen LogP contribution in [0.15, 0.2) is 53.7 Å². The van der Waals surface area contributed by atoms with E-state index in [1.165, 1.54) is 10.2 Å². The van der Waals surface area contributed by atoms with Crippen molar-refractivity contribution in [3.05, 3.63) is 59.9 Å². The van der Waals surface area contributed by atoms with Crippen molar-refractivity contribution in [1.29, 1.82) is 0 Å². The topological polar surface area (TPSA) is 78.3 Å². The van der Waals surface area contributed by atoms with E-state index in [0.717, 1.165) is 22.9 Å². The molecule has 6 nitrogen and oxygen atoms in total. The number of carbonyl (C=O) groups is 1. The monoisotopic (exact) mass is 384 g/mol. The second-order valence-corrected chi connectivity index (χ2v) is 8.63. The highest BCUT2D eigenvalue weighted by Gasteiger charge is 2.45. The molecule has 4 rings (SSSR count). The molecule has 7 heteroatoms. The Hall–Kier alpha value is -2.67. The van der Waals surface area contributed by atoms with Gasteiger partial charge < -0.3 is 4.74 Å². The number of esters is 1. The Morgan fingerprint density at radius 3 is 2.70 bits per heavy atom. The minimum Gasteiger partial charge on any atom is -0.466 e. The molecule has 1 aromatic carbocycles. The van der Waals surface area contributed by atoms with Crippen LogP contribution in [0.3, 0.4) is 0 Å². The Morgan fingerprint density at radius 2 is 2.00 bits per heavy atom. The number of carbonyl (C=O) groups excluding carboxylic acids is 1. The summed E-state index contributed by atoms with van der Waals surface area (Å²) < 4.78 is 32.1. The van der Waals surface area contributed by atoms with Crippen LogP contribution in [0, 0.1) is 12.8 Å². The normalized spacial score (nSPS) is 19.2. The molecule has 0 bridgehead atoms. The summed E-state index contributed by atoms with van der Waals surface area (Å²) in [6.07, 6.45) is 3.92. The second kappa shape index (κ2) is 6.49. The van der Waals surface area contributed by atoms with Crippen LogP contribution in [0.5, 0.6) is 0 Å². The first-order valence-corrected chi connectivity index (χ1v) is 10.3. The van der Waals surface area contributed by atoms with E-state index in [2.05, 4.69) is 4.98 Å². The van der Waals surface area contributed by atoms with Gasteiger partial charge >= 0.3 is 5.97 Å². The zero-order valence-corrected chi connectivity index (χ0v) is 15.9. The smallest absolute Gasteiger partial charge is 0.309 e. The Labute approximate surface area is 157 Å². The standard InChI is InChI=1S/C20H20N2O4S/c1-3-26-20(23)18-11-17(18)15-10-14-8-9-22(19(14)21-12-15)27(24,25)16-6-4-13(2)5-7-16/h4-10,12,17-18H,3,11H2,1-2H3. The van der Waals surface area contributed by atoms with Gasteiger partial charge in [0.05, 0.1) is 17.4 Å². The van der Waals surface area contributed by atoms with Crippen LogP contribution in [-0.4, -0.2) is 30.0 Å². The van der Waals surface area contributed by atoms with E-state index in [1.54, 1.807) is 43.5 Å². The molecule has 140 valence electrons. The summed E-state index contributed by atoms with van der Waals surface area (Å²) in [5, 5.41) is 0.734. The van der Waals surface area contributed by atoms with Gasteiger partial charge in [0.25, 0.3) is 10.0 Å². The summed E-state index contributed by atoms with van der Waals surface area (Å²) in [6.45, 7) is 4.07. The molecule has 2 heterocycles. The van der Waals surface area contributed by atoms with E-state index < -0.39 is 10.0 Å². The predicted molar refractivity (Wildman–Crippen MR) is 101 cm³/mol. The summed E-state index contributed by atoms with van der Waals surface area (Å²) in [5.41, 5.74) is 2.31. The third kappa shape index (κ3) is 3.12. The number of rotatable bonds is 5. The Morgan fingerprint density at radius 1 is 1.26 bits per heavy atom. The average molecular weight is 384 g/mol. The van der Waals surface area contributed by atoms with Gasteiger partial charge in [0.2, 0.25) is 0 Å². The molecule has 0 amide bonds. The molecule has 3 aromatic rings. The summed E-state index contributed by atoms with van der Waals surface area (Å²) in [4.78, 5) is 16.4. The zero-order valence-electron chi connectivity index (χ0n) is 15.1. The van der Waals surface area contributed by atoms with E-state index in [0.29, 0.717) is 12.3 Å². The predicted octanol–water partition coefficient (Wildman–Crippen LogP) is 3.25. The van der Waals surface area contributed by atoms with Crippen LogP contribution >= 0.6 is 0 Å². The number of hydrogen-bond acceptors (Lipinski definition) is 5. The van der Waals surface area contributed by atoms with E-state index in [-0.39, 0.29) is 22.7 Å². The van der Waals surface area contributed by atoms with Crippen molar-refractivity contribution in [3.63, 3.8) is 0 Å². The summed E-state index contributed by atoms with van der Waals surface area (Å²) in [5.74, 6) is -0.206. The highest BCUT2D eigenvalue weighted by Crippen LogP contribution is 2.48. The maximum absolute atomic E-state index is 12.9. The van der Waals surface area contributed by atoms with Gasteiger partial charge in [-0.3, -0.25) is 4.79 Å². The first-order valence-electron chi connectivity index (χ1n) is 8.87. The molecule has 0 aliphatic heterocycles. The van der Waals surface area contributed by atoms with Gasteiger partial charge in [-0.25, -0.2) is 17.4 Å². The molecular formula is C20H20N2O4S. The van der Waals surface area contributed by atoms with Crippen molar-refractivity contribution in [2.75, 3.05) is 6.61 Å². The molecule has 0 radical (unpaired) electrons. The third-order valence-electron chi connectivity index (χ3n) is 4.90. The van der Waals surface area contributed by atoms with Crippen molar-refractivity contribution in [2.24, 2.45) is 5.92 Å². The van der Waals surface area contributed by atoms with Crippen LogP contribution in [-0.2, 0) is 19.6 Å².